The lowest BCUT2D eigenvalue weighted by Gasteiger charge is -2.73. The Hall–Kier alpha value is -0.0800. The molecule has 5 fully saturated rings. The van der Waals surface area contributed by atoms with Gasteiger partial charge in [-0.05, 0) is 122 Å². The van der Waals surface area contributed by atoms with Crippen molar-refractivity contribution in [3.05, 3.63) is 0 Å². The van der Waals surface area contributed by atoms with Crippen LogP contribution in [0.15, 0.2) is 0 Å². The van der Waals surface area contributed by atoms with Gasteiger partial charge in [-0.15, -0.1) is 0 Å². The lowest BCUT2D eigenvalue weighted by molar-refractivity contribution is -0.239. The minimum atomic E-state index is 0.409. The SMILES string of the molecule is CNC1CCC2(C)C(CCC3(C)C2CCC2C4CCCC4(COC)CC[C@]23C)C1(C)C. The van der Waals surface area contributed by atoms with Gasteiger partial charge in [0.05, 0.1) is 6.61 Å². The average Bonchev–Trinajstić information content (AvgIpc) is 3.12. The van der Waals surface area contributed by atoms with Crippen molar-refractivity contribution in [1.82, 2.24) is 5.32 Å². The lowest BCUT2D eigenvalue weighted by Crippen LogP contribution is -2.67. The zero-order valence-corrected chi connectivity index (χ0v) is 21.8. The van der Waals surface area contributed by atoms with Crippen molar-refractivity contribution in [1.29, 1.82) is 0 Å². The van der Waals surface area contributed by atoms with E-state index in [0.717, 1.165) is 30.3 Å². The van der Waals surface area contributed by atoms with Crippen molar-refractivity contribution in [2.45, 2.75) is 111 Å². The van der Waals surface area contributed by atoms with Gasteiger partial charge < -0.3 is 10.1 Å². The Morgan fingerprint density at radius 1 is 0.742 bits per heavy atom. The Labute approximate surface area is 193 Å². The van der Waals surface area contributed by atoms with E-state index in [9.17, 15) is 0 Å². The number of ether oxygens (including phenoxy) is 1. The smallest absolute Gasteiger partial charge is 0.0521 e. The molecule has 0 radical (unpaired) electrons. The topological polar surface area (TPSA) is 21.3 Å². The van der Waals surface area contributed by atoms with Crippen molar-refractivity contribution < 1.29 is 4.74 Å². The molecular weight excluding hydrogens is 378 g/mol. The van der Waals surface area contributed by atoms with Crippen molar-refractivity contribution in [3.63, 3.8) is 0 Å². The van der Waals surface area contributed by atoms with Gasteiger partial charge in [0.15, 0.2) is 0 Å². The second kappa shape index (κ2) is 7.21. The molecule has 0 bridgehead atoms. The highest BCUT2D eigenvalue weighted by Crippen LogP contribution is 2.76. The lowest BCUT2D eigenvalue weighted by atomic mass is 9.32. The summed E-state index contributed by atoms with van der Waals surface area (Å²) in [5.74, 6) is 3.63. The van der Waals surface area contributed by atoms with Crippen LogP contribution in [0.3, 0.4) is 0 Å². The molecule has 2 heteroatoms. The quantitative estimate of drug-likeness (QED) is 0.517. The van der Waals surface area contributed by atoms with Gasteiger partial charge in [0.1, 0.15) is 0 Å². The summed E-state index contributed by atoms with van der Waals surface area (Å²) >= 11 is 0. The molecule has 5 rings (SSSR count). The molecule has 0 saturated heterocycles. The van der Waals surface area contributed by atoms with E-state index < -0.39 is 0 Å². The fourth-order valence-corrected chi connectivity index (χ4v) is 11.8. The third-order valence-electron chi connectivity index (χ3n) is 13.4. The third-order valence-corrected chi connectivity index (χ3v) is 13.4. The second-order valence-corrected chi connectivity index (χ2v) is 14.2. The molecule has 5 aliphatic carbocycles. The molecule has 0 spiro atoms. The summed E-state index contributed by atoms with van der Waals surface area (Å²) in [6.45, 7) is 14.5. The first kappa shape index (κ1) is 22.7. The van der Waals surface area contributed by atoms with Crippen LogP contribution in [0.4, 0.5) is 0 Å². The van der Waals surface area contributed by atoms with Gasteiger partial charge in [0.2, 0.25) is 0 Å². The summed E-state index contributed by atoms with van der Waals surface area (Å²) in [6.07, 6.45) is 15.9. The summed E-state index contributed by atoms with van der Waals surface area (Å²) in [4.78, 5) is 0. The molecule has 9 atom stereocenters. The van der Waals surface area contributed by atoms with Gasteiger partial charge in [-0.25, -0.2) is 0 Å². The standard InChI is InChI=1S/C29H51NO/c1-25(2)22-12-16-28(5)23(26(22,3)15-13-24(25)30-6)11-10-20-21-9-8-14-29(21,19-31-7)18-17-27(20,28)4/h20-24,30H,8-19H2,1-7H3/t20?,21?,22?,23?,24?,26?,27-,28?,29?/m1/s1. The predicted octanol–water partition coefficient (Wildman–Crippen LogP) is 7.08. The molecule has 8 unspecified atom stereocenters. The number of rotatable bonds is 3. The molecular formula is C29H51NO. The van der Waals surface area contributed by atoms with Crippen molar-refractivity contribution in [2.24, 2.45) is 50.7 Å². The zero-order valence-electron chi connectivity index (χ0n) is 21.8. The molecule has 1 N–H and O–H groups in total. The number of methoxy groups -OCH3 is 1. The first-order chi connectivity index (χ1) is 14.6. The van der Waals surface area contributed by atoms with Crippen LogP contribution in [0.25, 0.3) is 0 Å². The molecule has 31 heavy (non-hydrogen) atoms. The molecule has 0 aromatic carbocycles. The van der Waals surface area contributed by atoms with Gasteiger partial charge in [0.25, 0.3) is 0 Å². The Bertz CT molecular complexity index is 703. The van der Waals surface area contributed by atoms with Crippen LogP contribution in [-0.4, -0.2) is 26.8 Å². The number of fused-ring (bicyclic) bond motifs is 7. The number of nitrogens with one attached hydrogen (secondary N) is 1. The Kier molecular flexibility index (Phi) is 5.28. The maximum Gasteiger partial charge on any atom is 0.0521 e. The van der Waals surface area contributed by atoms with E-state index in [2.05, 4.69) is 47.0 Å². The maximum absolute atomic E-state index is 5.85. The number of hydrogen-bond donors (Lipinski definition) is 1. The fourth-order valence-electron chi connectivity index (χ4n) is 11.8. The molecule has 5 aliphatic rings. The highest BCUT2D eigenvalue weighted by Gasteiger charge is 2.69. The predicted molar refractivity (Wildman–Crippen MR) is 130 cm³/mol. The normalized spacial score (nSPS) is 55.6. The van der Waals surface area contributed by atoms with E-state index >= 15 is 0 Å². The van der Waals surface area contributed by atoms with Gasteiger partial charge in [-0.2, -0.15) is 0 Å². The zero-order chi connectivity index (χ0) is 22.3. The largest absolute Gasteiger partial charge is 0.384 e. The molecule has 0 heterocycles. The highest BCUT2D eigenvalue weighted by atomic mass is 16.5. The molecule has 0 aromatic rings. The van der Waals surface area contributed by atoms with E-state index in [4.69, 9.17) is 4.74 Å². The van der Waals surface area contributed by atoms with Crippen LogP contribution < -0.4 is 5.32 Å². The van der Waals surface area contributed by atoms with E-state index in [-0.39, 0.29) is 0 Å². The number of hydrogen-bond acceptors (Lipinski definition) is 2. The molecule has 0 aromatic heterocycles. The monoisotopic (exact) mass is 429 g/mol. The summed E-state index contributed by atoms with van der Waals surface area (Å²) < 4.78 is 5.85. The van der Waals surface area contributed by atoms with Crippen LogP contribution in [0.1, 0.15) is 105 Å². The first-order valence-electron chi connectivity index (χ1n) is 13.8. The average molecular weight is 430 g/mol. The van der Waals surface area contributed by atoms with Crippen LogP contribution in [-0.2, 0) is 4.74 Å². The van der Waals surface area contributed by atoms with E-state index in [1.807, 2.05) is 7.11 Å². The fraction of sp³-hybridized carbons (Fsp3) is 1.00. The molecule has 2 nitrogen and oxygen atoms in total. The minimum absolute atomic E-state index is 0.409. The van der Waals surface area contributed by atoms with E-state index in [1.54, 1.807) is 0 Å². The van der Waals surface area contributed by atoms with Crippen LogP contribution >= 0.6 is 0 Å². The second-order valence-electron chi connectivity index (χ2n) is 14.2. The van der Waals surface area contributed by atoms with Gasteiger partial charge >= 0.3 is 0 Å². The van der Waals surface area contributed by atoms with Crippen molar-refractivity contribution >= 4 is 0 Å². The summed E-state index contributed by atoms with van der Waals surface area (Å²) in [6, 6.07) is 0.685. The Morgan fingerprint density at radius 2 is 1.52 bits per heavy atom. The van der Waals surface area contributed by atoms with Crippen LogP contribution in [0, 0.1) is 50.7 Å². The summed E-state index contributed by atoms with van der Waals surface area (Å²) in [5, 5.41) is 3.71. The summed E-state index contributed by atoms with van der Waals surface area (Å²) in [5.41, 5.74) is 2.49. The van der Waals surface area contributed by atoms with Crippen molar-refractivity contribution in [3.8, 4) is 0 Å². The van der Waals surface area contributed by atoms with Gasteiger partial charge in [-0.1, -0.05) is 41.0 Å². The highest BCUT2D eigenvalue weighted by molar-refractivity contribution is 5.19. The first-order valence-corrected chi connectivity index (χ1v) is 13.8. The van der Waals surface area contributed by atoms with E-state index in [1.165, 1.54) is 70.6 Å². The van der Waals surface area contributed by atoms with Gasteiger partial charge in [-0.3, -0.25) is 0 Å². The Balaban J connectivity index is 1.50. The van der Waals surface area contributed by atoms with Crippen LogP contribution in [0.2, 0.25) is 0 Å². The third kappa shape index (κ3) is 2.76. The maximum atomic E-state index is 5.85. The summed E-state index contributed by atoms with van der Waals surface area (Å²) in [7, 11) is 4.14. The Morgan fingerprint density at radius 3 is 2.23 bits per heavy atom. The van der Waals surface area contributed by atoms with Crippen LogP contribution in [0.5, 0.6) is 0 Å². The molecule has 178 valence electrons. The van der Waals surface area contributed by atoms with Gasteiger partial charge in [0, 0.05) is 13.2 Å². The van der Waals surface area contributed by atoms with E-state index in [0.29, 0.717) is 33.1 Å². The molecule has 0 aliphatic heterocycles. The minimum Gasteiger partial charge on any atom is -0.384 e. The van der Waals surface area contributed by atoms with Crippen molar-refractivity contribution in [2.75, 3.05) is 20.8 Å². The molecule has 0 amide bonds. The molecule has 5 saturated carbocycles.